The van der Waals surface area contributed by atoms with Crippen LogP contribution in [0.5, 0.6) is 0 Å². The van der Waals surface area contributed by atoms with Crippen molar-refractivity contribution in [3.8, 4) is 0 Å². The summed E-state index contributed by atoms with van der Waals surface area (Å²) < 4.78 is 0. The molecule has 2 N–H and O–H groups in total. The lowest BCUT2D eigenvalue weighted by molar-refractivity contribution is -0.133. The van der Waals surface area contributed by atoms with Crippen molar-refractivity contribution in [2.75, 3.05) is 10.6 Å². The van der Waals surface area contributed by atoms with E-state index in [2.05, 4.69) is 10.6 Å². The Bertz CT molecular complexity index is 725. The van der Waals surface area contributed by atoms with E-state index in [0.29, 0.717) is 5.69 Å². The van der Waals surface area contributed by atoms with E-state index in [9.17, 15) is 9.59 Å². The van der Waals surface area contributed by atoms with Gasteiger partial charge in [-0.1, -0.05) is 61.3 Å². The molecule has 2 amide bonds. The van der Waals surface area contributed by atoms with Gasteiger partial charge in [-0.3, -0.25) is 9.59 Å². The third-order valence-corrected chi connectivity index (χ3v) is 3.87. The first-order valence-corrected chi connectivity index (χ1v) is 7.81. The van der Waals surface area contributed by atoms with Crippen LogP contribution < -0.4 is 10.6 Å². The summed E-state index contributed by atoms with van der Waals surface area (Å²) in [5, 5.41) is 5.58. The van der Waals surface area contributed by atoms with Gasteiger partial charge in [-0.05, 0) is 29.7 Å². The Labute approximate surface area is 144 Å². The second kappa shape index (κ2) is 7.49. The van der Waals surface area contributed by atoms with Crippen molar-refractivity contribution in [1.82, 2.24) is 0 Å². The smallest absolute Gasteiger partial charge is 0.314 e. The van der Waals surface area contributed by atoms with Crippen molar-refractivity contribution in [3.63, 3.8) is 0 Å². The van der Waals surface area contributed by atoms with Crippen LogP contribution in [0.15, 0.2) is 42.5 Å². The van der Waals surface area contributed by atoms with E-state index in [1.807, 2.05) is 26.0 Å². The zero-order valence-corrected chi connectivity index (χ0v) is 14.2. The number of rotatable bonds is 3. The quantitative estimate of drug-likeness (QED) is 0.788. The lowest BCUT2D eigenvalue weighted by Crippen LogP contribution is -2.29. The molecule has 0 unspecified atom stereocenters. The van der Waals surface area contributed by atoms with Crippen molar-refractivity contribution in [3.05, 3.63) is 58.1 Å². The molecule has 0 aliphatic carbocycles. The Balaban J connectivity index is 2.14. The maximum absolute atomic E-state index is 12.1. The molecule has 0 atom stereocenters. The van der Waals surface area contributed by atoms with Crippen LogP contribution in [-0.4, -0.2) is 11.8 Å². The van der Waals surface area contributed by atoms with Gasteiger partial charge in [0.05, 0.1) is 15.7 Å². The van der Waals surface area contributed by atoms with Crippen LogP contribution in [0.2, 0.25) is 10.0 Å². The second-order valence-corrected chi connectivity index (χ2v) is 6.06. The first-order chi connectivity index (χ1) is 10.9. The molecule has 120 valence electrons. The Kier molecular flexibility index (Phi) is 5.64. The van der Waals surface area contributed by atoms with Gasteiger partial charge >= 0.3 is 11.8 Å². The molecule has 2 aromatic rings. The number of para-hydroxylation sites is 2. The topological polar surface area (TPSA) is 58.2 Å². The van der Waals surface area contributed by atoms with Gasteiger partial charge in [-0.15, -0.1) is 0 Å². The molecule has 6 heteroatoms. The zero-order chi connectivity index (χ0) is 17.0. The fourth-order valence-electron chi connectivity index (χ4n) is 2.08. The van der Waals surface area contributed by atoms with Crippen LogP contribution in [0.25, 0.3) is 0 Å². The van der Waals surface area contributed by atoms with E-state index in [0.717, 1.165) is 5.56 Å². The highest BCUT2D eigenvalue weighted by Crippen LogP contribution is 2.30. The molecule has 0 spiro atoms. The number of nitrogens with one attached hydrogen (secondary N) is 2. The molecule has 0 fully saturated rings. The number of benzene rings is 2. The maximum Gasteiger partial charge on any atom is 0.314 e. The van der Waals surface area contributed by atoms with Crippen molar-refractivity contribution in [2.24, 2.45) is 0 Å². The third kappa shape index (κ3) is 4.24. The van der Waals surface area contributed by atoms with Gasteiger partial charge in [0.25, 0.3) is 0 Å². The van der Waals surface area contributed by atoms with Gasteiger partial charge < -0.3 is 10.6 Å². The second-order valence-electron chi connectivity index (χ2n) is 5.25. The largest absolute Gasteiger partial charge is 0.318 e. The monoisotopic (exact) mass is 350 g/mol. The van der Waals surface area contributed by atoms with Crippen LogP contribution >= 0.6 is 23.2 Å². The Morgan fingerprint density at radius 1 is 0.870 bits per heavy atom. The summed E-state index contributed by atoms with van der Waals surface area (Å²) in [5.41, 5.74) is 1.77. The summed E-state index contributed by atoms with van der Waals surface area (Å²) in [6, 6.07) is 12.1. The predicted octanol–water partition coefficient (Wildman–Crippen LogP) is 4.69. The highest BCUT2D eigenvalue weighted by atomic mass is 35.5. The number of anilines is 2. The van der Waals surface area contributed by atoms with Crippen LogP contribution in [0.4, 0.5) is 11.4 Å². The van der Waals surface area contributed by atoms with Crippen LogP contribution in [-0.2, 0) is 9.59 Å². The summed E-state index contributed by atoms with van der Waals surface area (Å²) in [7, 11) is 0. The first-order valence-electron chi connectivity index (χ1n) is 7.05. The first kappa shape index (κ1) is 17.3. The number of carbonyl (C=O) groups is 2. The van der Waals surface area contributed by atoms with Crippen LogP contribution in [0, 0.1) is 0 Å². The standard InChI is InChI=1S/C17H16Cl2N2O2/c1-10(2)11-6-3-4-9-14(11)20-16(22)17(23)21-15-12(18)7-5-8-13(15)19/h3-10H,1-2H3,(H,20,22)(H,21,23). The highest BCUT2D eigenvalue weighted by molar-refractivity contribution is 6.46. The average molecular weight is 351 g/mol. The van der Waals surface area contributed by atoms with Crippen LogP contribution in [0.1, 0.15) is 25.3 Å². The normalized spacial score (nSPS) is 10.5. The molecule has 0 aromatic heterocycles. The minimum Gasteiger partial charge on any atom is -0.318 e. The van der Waals surface area contributed by atoms with E-state index in [4.69, 9.17) is 23.2 Å². The van der Waals surface area contributed by atoms with Gasteiger partial charge in [-0.2, -0.15) is 0 Å². The Morgan fingerprint density at radius 2 is 1.43 bits per heavy atom. The van der Waals surface area contributed by atoms with Gasteiger partial charge in [0.2, 0.25) is 0 Å². The lowest BCUT2D eigenvalue weighted by atomic mass is 10.0. The van der Waals surface area contributed by atoms with E-state index in [-0.39, 0.29) is 21.7 Å². The van der Waals surface area contributed by atoms with Gasteiger partial charge in [0, 0.05) is 5.69 Å². The zero-order valence-electron chi connectivity index (χ0n) is 12.7. The van der Waals surface area contributed by atoms with Gasteiger partial charge in [-0.25, -0.2) is 0 Å². The number of hydrogen-bond acceptors (Lipinski definition) is 2. The molecule has 23 heavy (non-hydrogen) atoms. The molecule has 0 radical (unpaired) electrons. The summed E-state index contributed by atoms with van der Waals surface area (Å²) in [5.74, 6) is -1.40. The molecule has 0 saturated heterocycles. The molecule has 0 aliphatic rings. The molecule has 2 aromatic carbocycles. The fraction of sp³-hybridized carbons (Fsp3) is 0.176. The lowest BCUT2D eigenvalue weighted by Gasteiger charge is -2.14. The Hall–Kier alpha value is -2.04. The molecule has 0 saturated carbocycles. The van der Waals surface area contributed by atoms with Crippen molar-refractivity contribution < 1.29 is 9.59 Å². The molecule has 0 bridgehead atoms. The third-order valence-electron chi connectivity index (χ3n) is 3.24. The van der Waals surface area contributed by atoms with E-state index >= 15 is 0 Å². The maximum atomic E-state index is 12.1. The SMILES string of the molecule is CC(C)c1ccccc1NC(=O)C(=O)Nc1c(Cl)cccc1Cl. The number of amides is 2. The summed E-state index contributed by atoms with van der Waals surface area (Å²) in [6.45, 7) is 4.02. The van der Waals surface area contributed by atoms with E-state index in [1.165, 1.54) is 0 Å². The molecule has 0 aliphatic heterocycles. The summed E-state index contributed by atoms with van der Waals surface area (Å²) in [4.78, 5) is 24.2. The molecular formula is C17H16Cl2N2O2. The number of carbonyl (C=O) groups excluding carboxylic acids is 2. The highest BCUT2D eigenvalue weighted by Gasteiger charge is 2.18. The van der Waals surface area contributed by atoms with Gasteiger partial charge in [0.15, 0.2) is 0 Å². The van der Waals surface area contributed by atoms with Crippen molar-refractivity contribution in [1.29, 1.82) is 0 Å². The van der Waals surface area contributed by atoms with Crippen LogP contribution in [0.3, 0.4) is 0 Å². The summed E-state index contributed by atoms with van der Waals surface area (Å²) >= 11 is 11.9. The average Bonchev–Trinajstić information content (AvgIpc) is 2.51. The molecule has 2 rings (SSSR count). The fourth-order valence-corrected chi connectivity index (χ4v) is 2.57. The van der Waals surface area contributed by atoms with Gasteiger partial charge in [0.1, 0.15) is 0 Å². The minimum atomic E-state index is -0.835. The van der Waals surface area contributed by atoms with E-state index in [1.54, 1.807) is 30.3 Å². The number of hydrogen-bond donors (Lipinski definition) is 2. The number of halogens is 2. The molecule has 0 heterocycles. The Morgan fingerprint density at radius 3 is 2.04 bits per heavy atom. The van der Waals surface area contributed by atoms with Crippen molar-refractivity contribution in [2.45, 2.75) is 19.8 Å². The van der Waals surface area contributed by atoms with Crippen molar-refractivity contribution >= 4 is 46.4 Å². The molecular weight excluding hydrogens is 335 g/mol. The van der Waals surface area contributed by atoms with E-state index < -0.39 is 11.8 Å². The predicted molar refractivity (Wildman–Crippen MR) is 94.3 cm³/mol. The minimum absolute atomic E-state index is 0.215. The molecule has 4 nitrogen and oxygen atoms in total. The summed E-state index contributed by atoms with van der Waals surface area (Å²) in [6.07, 6.45) is 0.